The van der Waals surface area contributed by atoms with Gasteiger partial charge in [-0.2, -0.15) is 0 Å². The SMILES string of the molecule is CCCCN1C(=O)NCC2(CCC(C)CC2)C1=O. The zero-order valence-corrected chi connectivity index (χ0v) is 11.5. The zero-order chi connectivity index (χ0) is 13.2. The fourth-order valence-electron chi connectivity index (χ4n) is 3.02. The Bertz CT molecular complexity index is 333. The van der Waals surface area contributed by atoms with Crippen LogP contribution in [0.1, 0.15) is 52.4 Å². The second kappa shape index (κ2) is 5.29. The zero-order valence-electron chi connectivity index (χ0n) is 11.5. The fraction of sp³-hybridized carbons (Fsp3) is 0.857. The van der Waals surface area contributed by atoms with E-state index in [9.17, 15) is 9.59 Å². The van der Waals surface area contributed by atoms with Gasteiger partial charge < -0.3 is 5.32 Å². The van der Waals surface area contributed by atoms with Crippen LogP contribution in [0.2, 0.25) is 0 Å². The Labute approximate surface area is 109 Å². The fourth-order valence-corrected chi connectivity index (χ4v) is 3.02. The molecule has 1 heterocycles. The maximum absolute atomic E-state index is 12.6. The van der Waals surface area contributed by atoms with Gasteiger partial charge >= 0.3 is 6.03 Å². The maximum atomic E-state index is 12.6. The van der Waals surface area contributed by atoms with E-state index >= 15 is 0 Å². The third-order valence-electron chi connectivity index (χ3n) is 4.49. The summed E-state index contributed by atoms with van der Waals surface area (Å²) < 4.78 is 0. The average Bonchev–Trinajstić information content (AvgIpc) is 2.37. The lowest BCUT2D eigenvalue weighted by atomic mass is 9.69. The van der Waals surface area contributed by atoms with Crippen molar-refractivity contribution in [1.82, 2.24) is 10.2 Å². The molecule has 4 heteroatoms. The van der Waals surface area contributed by atoms with Crippen LogP contribution < -0.4 is 5.32 Å². The van der Waals surface area contributed by atoms with Crippen molar-refractivity contribution in [3.63, 3.8) is 0 Å². The Morgan fingerprint density at radius 1 is 1.33 bits per heavy atom. The van der Waals surface area contributed by atoms with Crippen molar-refractivity contribution in [2.75, 3.05) is 13.1 Å². The van der Waals surface area contributed by atoms with E-state index in [2.05, 4.69) is 19.2 Å². The molecule has 0 radical (unpaired) electrons. The van der Waals surface area contributed by atoms with Crippen LogP contribution in [0.5, 0.6) is 0 Å². The van der Waals surface area contributed by atoms with Gasteiger partial charge in [0.2, 0.25) is 5.91 Å². The van der Waals surface area contributed by atoms with E-state index < -0.39 is 0 Å². The summed E-state index contributed by atoms with van der Waals surface area (Å²) in [5.74, 6) is 0.789. The van der Waals surface area contributed by atoms with E-state index in [1.165, 1.54) is 4.90 Å². The Morgan fingerprint density at radius 2 is 2.00 bits per heavy atom. The monoisotopic (exact) mass is 252 g/mol. The van der Waals surface area contributed by atoms with Gasteiger partial charge in [-0.25, -0.2) is 4.79 Å². The molecule has 2 aliphatic rings. The smallest absolute Gasteiger partial charge is 0.324 e. The molecule has 1 aliphatic carbocycles. The second-order valence-corrected chi connectivity index (χ2v) is 5.93. The number of nitrogens with one attached hydrogen (secondary N) is 1. The standard InChI is InChI=1S/C14H24N2O2/c1-3-4-9-16-12(17)14(10-15-13(16)18)7-5-11(2)6-8-14/h11H,3-10H2,1-2H3,(H,15,18). The highest BCUT2D eigenvalue weighted by molar-refractivity contribution is 6.00. The normalized spacial score (nSPS) is 32.8. The molecule has 102 valence electrons. The Kier molecular flexibility index (Phi) is 3.93. The summed E-state index contributed by atoms with van der Waals surface area (Å²) in [6.07, 6.45) is 5.95. The summed E-state index contributed by atoms with van der Waals surface area (Å²) in [6.45, 7) is 5.43. The molecule has 18 heavy (non-hydrogen) atoms. The number of unbranched alkanes of at least 4 members (excludes halogenated alkanes) is 1. The summed E-state index contributed by atoms with van der Waals surface area (Å²) >= 11 is 0. The number of nitrogens with zero attached hydrogens (tertiary/aromatic N) is 1. The number of carbonyl (C=O) groups is 2. The number of hydrogen-bond donors (Lipinski definition) is 1. The van der Waals surface area contributed by atoms with E-state index in [1.54, 1.807) is 0 Å². The first-order chi connectivity index (χ1) is 8.59. The lowest BCUT2D eigenvalue weighted by molar-refractivity contribution is -0.143. The van der Waals surface area contributed by atoms with Crippen LogP contribution >= 0.6 is 0 Å². The molecular weight excluding hydrogens is 228 g/mol. The number of rotatable bonds is 3. The lowest BCUT2D eigenvalue weighted by Gasteiger charge is -2.44. The lowest BCUT2D eigenvalue weighted by Crippen LogP contribution is -2.61. The van der Waals surface area contributed by atoms with Gasteiger partial charge in [-0.15, -0.1) is 0 Å². The van der Waals surface area contributed by atoms with Gasteiger partial charge in [0.25, 0.3) is 0 Å². The van der Waals surface area contributed by atoms with E-state index in [1.807, 2.05) is 0 Å². The van der Waals surface area contributed by atoms with Gasteiger partial charge in [-0.05, 0) is 38.0 Å². The van der Waals surface area contributed by atoms with Crippen molar-refractivity contribution in [2.24, 2.45) is 11.3 Å². The largest absolute Gasteiger partial charge is 0.337 e. The van der Waals surface area contributed by atoms with Crippen molar-refractivity contribution in [3.8, 4) is 0 Å². The van der Waals surface area contributed by atoms with Crippen LogP contribution in [0.25, 0.3) is 0 Å². The Hall–Kier alpha value is -1.06. The highest BCUT2D eigenvalue weighted by atomic mass is 16.2. The van der Waals surface area contributed by atoms with Crippen LogP contribution in [0.4, 0.5) is 4.79 Å². The van der Waals surface area contributed by atoms with Crippen LogP contribution in [-0.2, 0) is 4.79 Å². The number of carbonyl (C=O) groups excluding carboxylic acids is 2. The number of urea groups is 1. The average molecular weight is 252 g/mol. The summed E-state index contributed by atoms with van der Waals surface area (Å²) in [5.41, 5.74) is -0.297. The van der Waals surface area contributed by atoms with Crippen molar-refractivity contribution in [2.45, 2.75) is 52.4 Å². The van der Waals surface area contributed by atoms with Crippen molar-refractivity contribution in [1.29, 1.82) is 0 Å². The van der Waals surface area contributed by atoms with Gasteiger partial charge in [-0.3, -0.25) is 9.69 Å². The first-order valence-electron chi connectivity index (χ1n) is 7.19. The first-order valence-corrected chi connectivity index (χ1v) is 7.19. The molecule has 0 aromatic carbocycles. The Balaban J connectivity index is 2.09. The molecule has 1 saturated heterocycles. The summed E-state index contributed by atoms with van der Waals surface area (Å²) in [5, 5.41) is 2.91. The molecule has 0 atom stereocenters. The van der Waals surface area contributed by atoms with Gasteiger partial charge in [0, 0.05) is 13.1 Å². The third-order valence-corrected chi connectivity index (χ3v) is 4.49. The molecular formula is C14H24N2O2. The topological polar surface area (TPSA) is 49.4 Å². The van der Waals surface area contributed by atoms with E-state index in [0.717, 1.165) is 38.5 Å². The number of amides is 3. The third kappa shape index (κ3) is 2.38. The van der Waals surface area contributed by atoms with E-state index in [0.29, 0.717) is 19.0 Å². The van der Waals surface area contributed by atoms with Gasteiger partial charge in [-0.1, -0.05) is 20.3 Å². The first kappa shape index (κ1) is 13.4. The molecule has 0 unspecified atom stereocenters. The summed E-state index contributed by atoms with van der Waals surface area (Å²) in [7, 11) is 0. The van der Waals surface area contributed by atoms with E-state index in [-0.39, 0.29) is 17.4 Å². The molecule has 4 nitrogen and oxygen atoms in total. The molecule has 0 bridgehead atoms. The highest BCUT2D eigenvalue weighted by Crippen LogP contribution is 2.41. The minimum absolute atomic E-state index is 0.0756. The minimum Gasteiger partial charge on any atom is -0.337 e. The van der Waals surface area contributed by atoms with Crippen LogP contribution in [-0.4, -0.2) is 29.9 Å². The molecule has 1 saturated carbocycles. The molecule has 1 N–H and O–H groups in total. The molecule has 1 spiro atoms. The van der Waals surface area contributed by atoms with Gasteiger partial charge in [0.1, 0.15) is 0 Å². The highest BCUT2D eigenvalue weighted by Gasteiger charge is 2.47. The van der Waals surface area contributed by atoms with Crippen LogP contribution in [0, 0.1) is 11.3 Å². The Morgan fingerprint density at radius 3 is 2.61 bits per heavy atom. The predicted molar refractivity (Wildman–Crippen MR) is 70.1 cm³/mol. The predicted octanol–water partition coefficient (Wildman–Crippen LogP) is 2.53. The number of imide groups is 1. The van der Waals surface area contributed by atoms with Gasteiger partial charge in [0.15, 0.2) is 0 Å². The molecule has 0 aromatic rings. The van der Waals surface area contributed by atoms with Crippen molar-refractivity contribution < 1.29 is 9.59 Å². The van der Waals surface area contributed by atoms with Crippen molar-refractivity contribution in [3.05, 3.63) is 0 Å². The molecule has 2 rings (SSSR count). The maximum Gasteiger partial charge on any atom is 0.324 e. The molecule has 1 aliphatic heterocycles. The number of hydrogen-bond acceptors (Lipinski definition) is 2. The quantitative estimate of drug-likeness (QED) is 0.839. The van der Waals surface area contributed by atoms with Crippen molar-refractivity contribution >= 4 is 11.9 Å². The van der Waals surface area contributed by atoms with Crippen LogP contribution in [0.15, 0.2) is 0 Å². The molecule has 0 aromatic heterocycles. The van der Waals surface area contributed by atoms with Crippen LogP contribution in [0.3, 0.4) is 0 Å². The van der Waals surface area contributed by atoms with Gasteiger partial charge in [0.05, 0.1) is 5.41 Å². The summed E-state index contributed by atoms with van der Waals surface area (Å²) in [4.78, 5) is 25.8. The minimum atomic E-state index is -0.297. The summed E-state index contributed by atoms with van der Waals surface area (Å²) in [6, 6.07) is -0.197. The molecule has 2 fully saturated rings. The molecule has 3 amide bonds. The van der Waals surface area contributed by atoms with E-state index in [4.69, 9.17) is 0 Å². The second-order valence-electron chi connectivity index (χ2n) is 5.93.